The summed E-state index contributed by atoms with van der Waals surface area (Å²) < 4.78 is 28.5. The third-order valence-electron chi connectivity index (χ3n) is 6.09. The third-order valence-corrected chi connectivity index (χ3v) is 6.09. The fourth-order valence-electron chi connectivity index (χ4n) is 4.18. The van der Waals surface area contributed by atoms with Crippen LogP contribution < -0.4 is 16.4 Å². The minimum Gasteiger partial charge on any atom is -0.481 e. The first-order valence-electron chi connectivity index (χ1n) is 12.6. The molecular formula is C26H43FN6O5. The first-order valence-corrected chi connectivity index (χ1v) is 12.6. The molecule has 2 fully saturated rings. The maximum absolute atomic E-state index is 13.9. The first kappa shape index (κ1) is 32.7. The van der Waals surface area contributed by atoms with Gasteiger partial charge in [-0.3, -0.25) is 15.6 Å². The van der Waals surface area contributed by atoms with Gasteiger partial charge in [0, 0.05) is 31.0 Å². The predicted molar refractivity (Wildman–Crippen MR) is 144 cm³/mol. The van der Waals surface area contributed by atoms with Gasteiger partial charge < -0.3 is 36.0 Å². The minimum absolute atomic E-state index is 0.102. The molecule has 0 aromatic carbocycles. The Labute approximate surface area is 224 Å². The summed E-state index contributed by atoms with van der Waals surface area (Å²) in [6.07, 6.45) is 7.44. The molecule has 0 aliphatic heterocycles. The van der Waals surface area contributed by atoms with Gasteiger partial charge in [0.15, 0.2) is 0 Å². The molecule has 2 amide bonds. The van der Waals surface area contributed by atoms with Crippen LogP contribution in [0.15, 0.2) is 23.5 Å². The van der Waals surface area contributed by atoms with Crippen molar-refractivity contribution in [3.63, 3.8) is 0 Å². The van der Waals surface area contributed by atoms with Crippen LogP contribution in [0.3, 0.4) is 0 Å². The van der Waals surface area contributed by atoms with Gasteiger partial charge in [-0.25, -0.2) is 4.79 Å². The lowest BCUT2D eigenvalue weighted by molar-refractivity contribution is -0.125. The number of halogens is 1. The fraction of sp³-hybridized carbons (Fsp3) is 0.654. The van der Waals surface area contributed by atoms with Crippen molar-refractivity contribution in [1.82, 2.24) is 10.6 Å². The topological polar surface area (TPSA) is 183 Å². The Balaban J connectivity index is 0.000000781. The molecule has 0 aromatic rings. The van der Waals surface area contributed by atoms with E-state index in [1.54, 1.807) is 20.8 Å². The number of carbonyl (C=O) groups is 2. The van der Waals surface area contributed by atoms with E-state index in [9.17, 15) is 14.0 Å². The molecule has 0 radical (unpaired) electrons. The van der Waals surface area contributed by atoms with Crippen LogP contribution in [0.1, 0.15) is 53.4 Å². The third kappa shape index (κ3) is 11.8. The van der Waals surface area contributed by atoms with Crippen LogP contribution in [0.4, 0.5) is 9.18 Å². The van der Waals surface area contributed by atoms with Gasteiger partial charge in [0.2, 0.25) is 17.8 Å². The molecule has 0 heterocycles. The second-order valence-electron chi connectivity index (χ2n) is 10.4. The number of methoxy groups -OCH3 is 2. The monoisotopic (exact) mass is 538 g/mol. The predicted octanol–water partition coefficient (Wildman–Crippen LogP) is 3.65. The van der Waals surface area contributed by atoms with E-state index in [4.69, 9.17) is 31.4 Å². The second-order valence-corrected chi connectivity index (χ2v) is 10.4. The molecule has 12 heteroatoms. The molecule has 2 aliphatic carbocycles. The Morgan fingerprint density at radius 1 is 1.13 bits per heavy atom. The van der Waals surface area contributed by atoms with Gasteiger partial charge in [0.05, 0.1) is 19.8 Å². The zero-order chi connectivity index (χ0) is 29.0. The largest absolute Gasteiger partial charge is 0.481 e. The van der Waals surface area contributed by atoms with Gasteiger partial charge in [0.25, 0.3) is 0 Å². The van der Waals surface area contributed by atoms with Crippen molar-refractivity contribution in [3.8, 4) is 0 Å². The average Bonchev–Trinajstić information content (AvgIpc) is 3.73. The minimum atomic E-state index is -1.27. The second kappa shape index (κ2) is 15.2. The van der Waals surface area contributed by atoms with E-state index in [1.807, 2.05) is 6.92 Å². The molecule has 0 spiro atoms. The highest BCUT2D eigenvalue weighted by Gasteiger charge is 2.46. The van der Waals surface area contributed by atoms with Crippen molar-refractivity contribution < 1.29 is 28.2 Å². The zero-order valence-electron chi connectivity index (χ0n) is 23.2. The van der Waals surface area contributed by atoms with Crippen molar-refractivity contribution in [3.05, 3.63) is 23.5 Å². The average molecular weight is 539 g/mol. The maximum atomic E-state index is 13.9. The van der Waals surface area contributed by atoms with Gasteiger partial charge in [0.1, 0.15) is 11.3 Å². The van der Waals surface area contributed by atoms with E-state index in [0.717, 1.165) is 31.9 Å². The summed E-state index contributed by atoms with van der Waals surface area (Å²) in [4.78, 5) is 22.8. The van der Waals surface area contributed by atoms with Gasteiger partial charge in [-0.2, -0.15) is 4.39 Å². The molecule has 7 N–H and O–H groups in total. The molecular weight excluding hydrogens is 495 g/mol. The van der Waals surface area contributed by atoms with Crippen LogP contribution in [-0.4, -0.2) is 62.5 Å². The van der Waals surface area contributed by atoms with E-state index < -0.39 is 23.7 Å². The van der Waals surface area contributed by atoms with Gasteiger partial charge in [-0.15, -0.1) is 0 Å². The van der Waals surface area contributed by atoms with Crippen molar-refractivity contribution >= 4 is 30.1 Å². The van der Waals surface area contributed by atoms with Crippen LogP contribution in [-0.2, 0) is 19.0 Å². The van der Waals surface area contributed by atoms with Crippen molar-refractivity contribution in [1.29, 1.82) is 16.2 Å². The molecule has 214 valence electrons. The number of primary amides is 1. The van der Waals surface area contributed by atoms with E-state index in [2.05, 4.69) is 15.4 Å². The standard InChI is InChI=1S/C21H32FN5O3.C5H11NO2/c1-12(18(13-4-5-13)14-6-7-14)21(28)27-16(19(22)24)10-26-17(11-29-2)15(8-9-23)20(25)30-3;1-5(2,3)8-4(6)7/h8-10,12-14,17-18,23-26H,4-7,11H2,1-3H3,(H,27,28);1-3H3,(H2,6,7)/b15-8-,16-10+,23-9?,24-19?,25-20?;. The summed E-state index contributed by atoms with van der Waals surface area (Å²) in [5.41, 5.74) is 4.30. The number of carbonyl (C=O) groups excluding carboxylic acids is 2. The molecule has 2 unspecified atom stereocenters. The summed E-state index contributed by atoms with van der Waals surface area (Å²) in [6, 6.07) is -0.640. The van der Waals surface area contributed by atoms with Gasteiger partial charge >= 0.3 is 6.09 Å². The molecule has 2 aliphatic rings. The first-order chi connectivity index (χ1) is 17.7. The van der Waals surface area contributed by atoms with E-state index in [0.29, 0.717) is 23.3 Å². The highest BCUT2D eigenvalue weighted by Crippen LogP contribution is 2.52. The molecule has 0 saturated heterocycles. The van der Waals surface area contributed by atoms with Crippen molar-refractivity contribution in [2.45, 2.75) is 65.0 Å². The molecule has 0 aromatic heterocycles. The van der Waals surface area contributed by atoms with Gasteiger partial charge in [-0.05, 0) is 70.3 Å². The molecule has 0 bridgehead atoms. The maximum Gasteiger partial charge on any atom is 0.405 e. The van der Waals surface area contributed by atoms with E-state index in [-0.39, 0.29) is 30.0 Å². The summed E-state index contributed by atoms with van der Waals surface area (Å²) >= 11 is 0. The van der Waals surface area contributed by atoms with Crippen molar-refractivity contribution in [2.75, 3.05) is 20.8 Å². The Hall–Kier alpha value is -3.28. The normalized spacial score (nSPS) is 17.4. The smallest absolute Gasteiger partial charge is 0.405 e. The summed E-state index contributed by atoms with van der Waals surface area (Å²) in [6.45, 7) is 7.26. The number of amides is 2. The number of ether oxygens (including phenoxy) is 3. The molecule has 2 saturated carbocycles. The van der Waals surface area contributed by atoms with E-state index in [1.165, 1.54) is 26.5 Å². The van der Waals surface area contributed by atoms with Crippen molar-refractivity contribution in [2.24, 2.45) is 29.4 Å². The quantitative estimate of drug-likeness (QED) is 0.154. The number of nitrogens with one attached hydrogen (secondary N) is 5. The zero-order valence-corrected chi connectivity index (χ0v) is 23.2. The summed E-state index contributed by atoms with van der Waals surface area (Å²) in [5, 5.41) is 28.0. The summed E-state index contributed by atoms with van der Waals surface area (Å²) in [5.74, 6) is -0.517. The fourth-order valence-corrected chi connectivity index (χ4v) is 4.18. The Bertz CT molecular complexity index is 910. The Morgan fingerprint density at radius 3 is 2.03 bits per heavy atom. The van der Waals surface area contributed by atoms with Crippen LogP contribution in [0.2, 0.25) is 0 Å². The molecule has 11 nitrogen and oxygen atoms in total. The number of allylic oxidation sites excluding steroid dienone is 2. The van der Waals surface area contributed by atoms with Crippen LogP contribution in [0.25, 0.3) is 0 Å². The molecule has 2 atom stereocenters. The van der Waals surface area contributed by atoms with Crippen LogP contribution in [0, 0.1) is 39.9 Å². The molecule has 2 rings (SSSR count). The Kier molecular flexibility index (Phi) is 13.1. The highest BCUT2D eigenvalue weighted by molar-refractivity contribution is 5.97. The van der Waals surface area contributed by atoms with E-state index >= 15 is 0 Å². The van der Waals surface area contributed by atoms with Crippen LogP contribution >= 0.6 is 0 Å². The SMILES string of the molecule is CC(C)(C)OC(N)=O.COCC(N/C=C(/NC(=O)C(C)C(C1CC1)C1CC1)C(=N)F)/C(=C/C=N)C(=N)OC. The van der Waals surface area contributed by atoms with Crippen LogP contribution in [0.5, 0.6) is 0 Å². The summed E-state index contributed by atoms with van der Waals surface area (Å²) in [7, 11) is 2.80. The van der Waals surface area contributed by atoms with Gasteiger partial charge in [-0.1, -0.05) is 6.92 Å². The number of nitrogens with two attached hydrogens (primary N) is 1. The number of hydrogen-bond acceptors (Lipinski definition) is 9. The number of rotatable bonds is 13. The lowest BCUT2D eigenvalue weighted by Crippen LogP contribution is -2.39. The highest BCUT2D eigenvalue weighted by atomic mass is 19.1. The Morgan fingerprint density at radius 2 is 1.68 bits per heavy atom. The number of hydrogen-bond donors (Lipinski definition) is 6. The lowest BCUT2D eigenvalue weighted by Gasteiger charge is -2.24. The lowest BCUT2D eigenvalue weighted by atomic mass is 9.84. The molecule has 38 heavy (non-hydrogen) atoms.